The molecule has 0 radical (unpaired) electrons. The Hall–Kier alpha value is -0.740. The molecule has 4 heteroatoms. The van der Waals surface area contributed by atoms with E-state index in [0.29, 0.717) is 0 Å². The van der Waals surface area contributed by atoms with E-state index in [9.17, 15) is 4.79 Å². The van der Waals surface area contributed by atoms with Gasteiger partial charge in [0.2, 0.25) is 0 Å². The van der Waals surface area contributed by atoms with Crippen LogP contribution in [0.1, 0.15) is 34.7 Å². The molecule has 0 unspecified atom stereocenters. The first-order chi connectivity index (χ1) is 7.99. The van der Waals surface area contributed by atoms with Gasteiger partial charge in [-0.1, -0.05) is 0 Å². The minimum Gasteiger partial charge on any atom is -0.349 e. The third kappa shape index (κ3) is 2.58. The number of aryl methyl sites for hydroxylation is 1. The van der Waals surface area contributed by atoms with Gasteiger partial charge in [-0.15, -0.1) is 23.1 Å². The zero-order chi connectivity index (χ0) is 12.6. The van der Waals surface area contributed by atoms with Crippen LogP contribution in [0, 0.1) is 13.8 Å². The van der Waals surface area contributed by atoms with Crippen molar-refractivity contribution in [1.82, 2.24) is 5.32 Å². The van der Waals surface area contributed by atoms with Gasteiger partial charge in [0.05, 0.1) is 4.91 Å². The molecule has 0 atom stereocenters. The Kier molecular flexibility index (Phi) is 3.64. The maximum Gasteiger partial charge on any atom is 0.257 e. The number of carbonyl (C=O) groups is 1. The van der Waals surface area contributed by atoms with E-state index in [1.165, 1.54) is 20.9 Å². The molecular formula is C13H17NOS2. The topological polar surface area (TPSA) is 29.1 Å². The van der Waals surface area contributed by atoms with E-state index < -0.39 is 0 Å². The van der Waals surface area contributed by atoms with Crippen LogP contribution in [0.5, 0.6) is 0 Å². The van der Waals surface area contributed by atoms with Gasteiger partial charge in [0.15, 0.2) is 0 Å². The molecule has 2 heterocycles. The highest BCUT2D eigenvalue weighted by Crippen LogP contribution is 2.39. The predicted molar refractivity (Wildman–Crippen MR) is 76.3 cm³/mol. The molecule has 0 saturated heterocycles. The van der Waals surface area contributed by atoms with E-state index in [1.807, 2.05) is 19.9 Å². The molecule has 1 aromatic rings. The molecule has 92 valence electrons. The SMILES string of the molecule is Cc1sc2c(c1C)CSC(C(=O)NC(C)C)=C2. The zero-order valence-corrected chi connectivity index (χ0v) is 12.2. The lowest BCUT2D eigenvalue weighted by Crippen LogP contribution is -2.30. The summed E-state index contributed by atoms with van der Waals surface area (Å²) in [6.45, 7) is 8.27. The smallest absolute Gasteiger partial charge is 0.257 e. The first-order valence-corrected chi connectivity index (χ1v) is 7.53. The third-order valence-corrected chi connectivity index (χ3v) is 5.06. The van der Waals surface area contributed by atoms with E-state index in [2.05, 4.69) is 19.2 Å². The second-order valence-corrected chi connectivity index (χ2v) is 6.82. The Bertz CT molecular complexity index is 486. The first-order valence-electron chi connectivity index (χ1n) is 5.73. The van der Waals surface area contributed by atoms with Crippen molar-refractivity contribution in [3.05, 3.63) is 25.8 Å². The molecule has 0 aliphatic carbocycles. The van der Waals surface area contributed by atoms with Crippen molar-refractivity contribution in [2.75, 3.05) is 0 Å². The highest BCUT2D eigenvalue weighted by atomic mass is 32.2. The molecule has 0 bridgehead atoms. The number of nitrogens with one attached hydrogen (secondary N) is 1. The fraction of sp³-hybridized carbons (Fsp3) is 0.462. The van der Waals surface area contributed by atoms with Crippen molar-refractivity contribution in [3.63, 3.8) is 0 Å². The number of hydrogen-bond acceptors (Lipinski definition) is 3. The predicted octanol–water partition coefficient (Wildman–Crippen LogP) is 3.48. The van der Waals surface area contributed by atoms with Crippen LogP contribution in [0.3, 0.4) is 0 Å². The highest BCUT2D eigenvalue weighted by molar-refractivity contribution is 8.03. The summed E-state index contributed by atoms with van der Waals surface area (Å²) in [5, 5.41) is 2.94. The van der Waals surface area contributed by atoms with Gasteiger partial charge in [-0.05, 0) is 44.9 Å². The molecule has 0 saturated carbocycles. The number of thioether (sulfide) groups is 1. The van der Waals surface area contributed by atoms with Crippen LogP contribution >= 0.6 is 23.1 Å². The van der Waals surface area contributed by atoms with Gasteiger partial charge in [-0.3, -0.25) is 4.79 Å². The molecule has 2 rings (SSSR count). The summed E-state index contributed by atoms with van der Waals surface area (Å²) in [6, 6.07) is 0.192. The second kappa shape index (κ2) is 4.86. The molecule has 2 nitrogen and oxygen atoms in total. The molecular weight excluding hydrogens is 250 g/mol. The van der Waals surface area contributed by atoms with Crippen LogP contribution in [0.2, 0.25) is 0 Å². The van der Waals surface area contributed by atoms with Gasteiger partial charge in [0.1, 0.15) is 0 Å². The van der Waals surface area contributed by atoms with Crippen molar-refractivity contribution in [3.8, 4) is 0 Å². The van der Waals surface area contributed by atoms with Gasteiger partial charge in [-0.2, -0.15) is 0 Å². The van der Waals surface area contributed by atoms with Gasteiger partial charge in [0.25, 0.3) is 5.91 Å². The molecule has 1 aliphatic rings. The van der Waals surface area contributed by atoms with Crippen molar-refractivity contribution in [2.45, 2.75) is 39.5 Å². The summed E-state index contributed by atoms with van der Waals surface area (Å²) in [5.41, 5.74) is 2.79. The van der Waals surface area contributed by atoms with Crippen LogP contribution in [-0.4, -0.2) is 11.9 Å². The number of amides is 1. The molecule has 1 N–H and O–H groups in total. The number of fused-ring (bicyclic) bond motifs is 1. The molecule has 17 heavy (non-hydrogen) atoms. The van der Waals surface area contributed by atoms with Gasteiger partial charge in [0, 0.05) is 21.5 Å². The Morgan fingerprint density at radius 3 is 2.76 bits per heavy atom. The van der Waals surface area contributed by atoms with Crippen molar-refractivity contribution >= 4 is 35.1 Å². The standard InChI is InChI=1S/C13H17NOS2/c1-7(2)14-13(15)12-5-11-10(6-16-12)8(3)9(4)17-11/h5,7H,6H2,1-4H3,(H,14,15). The number of hydrogen-bond donors (Lipinski definition) is 1. The number of rotatable bonds is 2. The lowest BCUT2D eigenvalue weighted by Gasteiger charge is -2.15. The Labute approximate surface area is 110 Å². The van der Waals surface area contributed by atoms with Gasteiger partial charge in [-0.25, -0.2) is 0 Å². The van der Waals surface area contributed by atoms with Crippen molar-refractivity contribution in [1.29, 1.82) is 0 Å². The van der Waals surface area contributed by atoms with Crippen LogP contribution in [0.4, 0.5) is 0 Å². The van der Waals surface area contributed by atoms with Crippen molar-refractivity contribution < 1.29 is 4.79 Å². The van der Waals surface area contributed by atoms with Gasteiger partial charge < -0.3 is 5.32 Å². The molecule has 0 fully saturated rings. The van der Waals surface area contributed by atoms with Crippen LogP contribution < -0.4 is 5.32 Å². The molecule has 1 amide bonds. The molecule has 0 spiro atoms. The quantitative estimate of drug-likeness (QED) is 0.889. The first kappa shape index (κ1) is 12.7. The van der Waals surface area contributed by atoms with Crippen LogP contribution in [-0.2, 0) is 10.5 Å². The average Bonchev–Trinajstić information content (AvgIpc) is 2.53. The fourth-order valence-corrected chi connectivity index (χ4v) is 4.13. The van der Waals surface area contributed by atoms with E-state index >= 15 is 0 Å². The summed E-state index contributed by atoms with van der Waals surface area (Å²) in [4.78, 5) is 15.4. The molecule has 1 aliphatic heterocycles. The summed E-state index contributed by atoms with van der Waals surface area (Å²) in [6.07, 6.45) is 2.03. The summed E-state index contributed by atoms with van der Waals surface area (Å²) in [5.74, 6) is 0.974. The summed E-state index contributed by atoms with van der Waals surface area (Å²) >= 11 is 3.43. The Morgan fingerprint density at radius 1 is 1.41 bits per heavy atom. The lowest BCUT2D eigenvalue weighted by atomic mass is 10.1. The summed E-state index contributed by atoms with van der Waals surface area (Å²) in [7, 11) is 0. The maximum absolute atomic E-state index is 11.9. The highest BCUT2D eigenvalue weighted by Gasteiger charge is 2.21. The minimum atomic E-state index is 0.0550. The number of carbonyl (C=O) groups excluding carboxylic acids is 1. The Balaban J connectivity index is 2.26. The largest absolute Gasteiger partial charge is 0.349 e. The third-order valence-electron chi connectivity index (χ3n) is 2.82. The van der Waals surface area contributed by atoms with Crippen LogP contribution in [0.25, 0.3) is 6.08 Å². The molecule has 0 aromatic carbocycles. The Morgan fingerprint density at radius 2 is 2.12 bits per heavy atom. The van der Waals surface area contributed by atoms with Gasteiger partial charge >= 0.3 is 0 Å². The maximum atomic E-state index is 11.9. The monoisotopic (exact) mass is 267 g/mol. The normalized spacial score (nSPS) is 14.5. The average molecular weight is 267 g/mol. The van der Waals surface area contributed by atoms with Crippen LogP contribution in [0.15, 0.2) is 4.91 Å². The second-order valence-electron chi connectivity index (χ2n) is 4.55. The van der Waals surface area contributed by atoms with Crippen molar-refractivity contribution in [2.24, 2.45) is 0 Å². The van der Waals surface area contributed by atoms with E-state index in [4.69, 9.17) is 0 Å². The zero-order valence-electron chi connectivity index (χ0n) is 10.6. The number of thiophene rings is 1. The minimum absolute atomic E-state index is 0.0550. The fourth-order valence-electron chi connectivity index (χ4n) is 1.77. The van der Waals surface area contributed by atoms with E-state index in [0.717, 1.165) is 10.7 Å². The van der Waals surface area contributed by atoms with E-state index in [1.54, 1.807) is 23.1 Å². The lowest BCUT2D eigenvalue weighted by molar-refractivity contribution is -0.117. The van der Waals surface area contributed by atoms with E-state index in [-0.39, 0.29) is 11.9 Å². The summed E-state index contributed by atoms with van der Waals surface area (Å²) < 4.78 is 0. The molecule has 1 aromatic heterocycles.